The summed E-state index contributed by atoms with van der Waals surface area (Å²) in [6, 6.07) is 13.0. The topological polar surface area (TPSA) is 16.1 Å². The Morgan fingerprint density at radius 2 is 1.54 bits per heavy atom. The second kappa shape index (κ2) is 10.3. The van der Waals surface area contributed by atoms with E-state index < -0.39 is 0 Å². The van der Waals surface area contributed by atoms with E-state index in [1.807, 2.05) is 18.5 Å². The highest BCUT2D eigenvalue weighted by molar-refractivity contribution is 5.28. The average molecular weight is 381 g/mol. The van der Waals surface area contributed by atoms with Gasteiger partial charge in [-0.1, -0.05) is 63.6 Å². The number of aromatic nitrogens is 1. The van der Waals surface area contributed by atoms with Crippen LogP contribution in [0.1, 0.15) is 57.7 Å². The van der Waals surface area contributed by atoms with Gasteiger partial charge in [0, 0.05) is 32.0 Å². The lowest BCUT2D eigenvalue weighted by Crippen LogP contribution is -2.25. The fourth-order valence-electron chi connectivity index (χ4n) is 3.08. The summed E-state index contributed by atoms with van der Waals surface area (Å²) in [6.45, 7) is 12.8. The minimum absolute atomic E-state index is 0.157. The quantitative estimate of drug-likeness (QED) is 0.480. The molecular formula is C25H33FN2. The summed E-state index contributed by atoms with van der Waals surface area (Å²) in [4.78, 5) is 6.52. The van der Waals surface area contributed by atoms with E-state index in [0.29, 0.717) is 0 Å². The summed E-state index contributed by atoms with van der Waals surface area (Å²) in [5.41, 5.74) is 5.24. The Labute approximate surface area is 169 Å². The first-order valence-electron chi connectivity index (χ1n) is 10.0. The highest BCUT2D eigenvalue weighted by Gasteiger charge is 2.14. The lowest BCUT2D eigenvalue weighted by Gasteiger charge is -2.25. The minimum atomic E-state index is -0.163. The summed E-state index contributed by atoms with van der Waals surface area (Å²) >= 11 is 0. The predicted octanol–water partition coefficient (Wildman–Crippen LogP) is 6.59. The molecule has 0 saturated carbocycles. The molecular weight excluding hydrogens is 347 g/mol. The fourth-order valence-corrected chi connectivity index (χ4v) is 3.08. The van der Waals surface area contributed by atoms with E-state index in [1.165, 1.54) is 29.2 Å². The monoisotopic (exact) mass is 380 g/mol. The van der Waals surface area contributed by atoms with Crippen LogP contribution < -0.4 is 0 Å². The van der Waals surface area contributed by atoms with Crippen LogP contribution >= 0.6 is 0 Å². The molecule has 0 radical (unpaired) electrons. The van der Waals surface area contributed by atoms with Crippen molar-refractivity contribution in [1.82, 2.24) is 9.88 Å². The Kier molecular flexibility index (Phi) is 8.13. The van der Waals surface area contributed by atoms with Crippen LogP contribution in [0.15, 0.2) is 72.3 Å². The zero-order chi connectivity index (χ0) is 20.6. The SMILES string of the molecule is CCC(=CC=C(C)F)CN(Cc1ccncc1)Cc1ccc(C(C)(C)C)cc1. The van der Waals surface area contributed by atoms with Gasteiger partial charge in [0.2, 0.25) is 0 Å². The van der Waals surface area contributed by atoms with Crippen molar-refractivity contribution in [1.29, 1.82) is 0 Å². The summed E-state index contributed by atoms with van der Waals surface area (Å²) in [7, 11) is 0. The summed E-state index contributed by atoms with van der Waals surface area (Å²) in [5.74, 6) is -0.163. The second-order valence-corrected chi connectivity index (χ2v) is 8.38. The van der Waals surface area contributed by atoms with Gasteiger partial charge in [-0.15, -0.1) is 0 Å². The van der Waals surface area contributed by atoms with Crippen LogP contribution in [-0.2, 0) is 18.5 Å². The van der Waals surface area contributed by atoms with Crippen molar-refractivity contribution in [3.8, 4) is 0 Å². The number of halogens is 1. The summed E-state index contributed by atoms with van der Waals surface area (Å²) < 4.78 is 13.2. The molecule has 0 unspecified atom stereocenters. The van der Waals surface area contributed by atoms with Gasteiger partial charge in [-0.2, -0.15) is 0 Å². The van der Waals surface area contributed by atoms with E-state index in [4.69, 9.17) is 0 Å². The molecule has 0 N–H and O–H groups in total. The van der Waals surface area contributed by atoms with Gasteiger partial charge in [0.25, 0.3) is 0 Å². The number of benzene rings is 1. The largest absolute Gasteiger partial charge is 0.291 e. The van der Waals surface area contributed by atoms with Crippen LogP contribution in [0.2, 0.25) is 0 Å². The summed E-state index contributed by atoms with van der Waals surface area (Å²) in [6.07, 6.45) is 8.04. The number of nitrogens with zero attached hydrogens (tertiary/aromatic N) is 2. The average Bonchev–Trinajstić information content (AvgIpc) is 2.65. The molecule has 1 aromatic heterocycles. The van der Waals surface area contributed by atoms with Crippen LogP contribution in [0.3, 0.4) is 0 Å². The van der Waals surface area contributed by atoms with Gasteiger partial charge in [-0.3, -0.25) is 9.88 Å². The smallest absolute Gasteiger partial charge is 0.0968 e. The number of hydrogen-bond acceptors (Lipinski definition) is 2. The van der Waals surface area contributed by atoms with Crippen molar-refractivity contribution in [3.63, 3.8) is 0 Å². The van der Waals surface area contributed by atoms with Crippen LogP contribution in [0, 0.1) is 0 Å². The third kappa shape index (κ3) is 7.40. The lowest BCUT2D eigenvalue weighted by atomic mass is 9.87. The van der Waals surface area contributed by atoms with Crippen LogP contribution in [0.4, 0.5) is 4.39 Å². The van der Waals surface area contributed by atoms with Crippen molar-refractivity contribution in [2.24, 2.45) is 0 Å². The first-order valence-corrected chi connectivity index (χ1v) is 10.0. The molecule has 0 atom stereocenters. The molecule has 1 heterocycles. The van der Waals surface area contributed by atoms with Crippen molar-refractivity contribution in [2.75, 3.05) is 6.54 Å². The molecule has 0 aliphatic heterocycles. The molecule has 150 valence electrons. The van der Waals surface area contributed by atoms with Gasteiger partial charge >= 0.3 is 0 Å². The molecule has 0 fully saturated rings. The predicted molar refractivity (Wildman–Crippen MR) is 117 cm³/mol. The van der Waals surface area contributed by atoms with E-state index in [9.17, 15) is 4.39 Å². The Hall–Kier alpha value is -2.26. The van der Waals surface area contributed by atoms with E-state index >= 15 is 0 Å². The van der Waals surface area contributed by atoms with Crippen molar-refractivity contribution >= 4 is 0 Å². The fraction of sp³-hybridized carbons (Fsp3) is 0.400. The van der Waals surface area contributed by atoms with Gasteiger partial charge in [-0.05, 0) is 53.7 Å². The molecule has 0 aliphatic carbocycles. The normalized spacial score (nSPS) is 13.2. The molecule has 0 saturated heterocycles. The molecule has 0 spiro atoms. The second-order valence-electron chi connectivity index (χ2n) is 8.38. The molecule has 0 bridgehead atoms. The van der Waals surface area contributed by atoms with Gasteiger partial charge in [-0.25, -0.2) is 4.39 Å². The molecule has 0 amide bonds. The van der Waals surface area contributed by atoms with E-state index in [-0.39, 0.29) is 11.2 Å². The van der Waals surface area contributed by atoms with E-state index in [0.717, 1.165) is 26.1 Å². The molecule has 1 aromatic carbocycles. The molecule has 3 heteroatoms. The molecule has 0 aliphatic rings. The number of rotatable bonds is 8. The van der Waals surface area contributed by atoms with Crippen molar-refractivity contribution in [3.05, 3.63) is 89.0 Å². The maximum atomic E-state index is 13.2. The number of pyridine rings is 1. The zero-order valence-electron chi connectivity index (χ0n) is 17.9. The number of allylic oxidation sites excluding steroid dienone is 3. The zero-order valence-corrected chi connectivity index (χ0v) is 17.9. The van der Waals surface area contributed by atoms with Gasteiger partial charge in [0.1, 0.15) is 0 Å². The third-order valence-electron chi connectivity index (χ3n) is 4.81. The molecule has 28 heavy (non-hydrogen) atoms. The maximum Gasteiger partial charge on any atom is 0.0968 e. The Morgan fingerprint density at radius 1 is 0.964 bits per heavy atom. The van der Waals surface area contributed by atoms with Crippen molar-refractivity contribution in [2.45, 2.75) is 59.5 Å². The van der Waals surface area contributed by atoms with E-state index in [2.05, 4.69) is 74.0 Å². The highest BCUT2D eigenvalue weighted by atomic mass is 19.1. The molecule has 2 aromatic rings. The first kappa shape index (κ1) is 22.0. The standard InChI is InChI=1S/C25H33FN2/c1-6-21(8-7-20(2)26)17-28(19-23-13-15-27-16-14-23)18-22-9-11-24(12-10-22)25(3,4)5/h7-16H,6,17-19H2,1-5H3. The first-order chi connectivity index (χ1) is 13.3. The van der Waals surface area contributed by atoms with Gasteiger partial charge in [0.05, 0.1) is 5.83 Å². The molecule has 2 rings (SSSR count). The van der Waals surface area contributed by atoms with Crippen LogP contribution in [-0.4, -0.2) is 16.4 Å². The van der Waals surface area contributed by atoms with Crippen LogP contribution in [0.25, 0.3) is 0 Å². The molecule has 2 nitrogen and oxygen atoms in total. The summed E-state index contributed by atoms with van der Waals surface area (Å²) in [5, 5.41) is 0. The van der Waals surface area contributed by atoms with Crippen molar-refractivity contribution < 1.29 is 4.39 Å². The Bertz CT molecular complexity index is 780. The Balaban J connectivity index is 2.20. The van der Waals surface area contributed by atoms with E-state index in [1.54, 1.807) is 6.08 Å². The lowest BCUT2D eigenvalue weighted by molar-refractivity contribution is 0.277. The van der Waals surface area contributed by atoms with Crippen LogP contribution in [0.5, 0.6) is 0 Å². The highest BCUT2D eigenvalue weighted by Crippen LogP contribution is 2.23. The number of hydrogen-bond donors (Lipinski definition) is 0. The van der Waals surface area contributed by atoms with Gasteiger partial charge in [0.15, 0.2) is 0 Å². The van der Waals surface area contributed by atoms with Gasteiger partial charge < -0.3 is 0 Å². The maximum absolute atomic E-state index is 13.2. The third-order valence-corrected chi connectivity index (χ3v) is 4.81. The minimum Gasteiger partial charge on any atom is -0.291 e. The Morgan fingerprint density at radius 3 is 2.04 bits per heavy atom.